The van der Waals surface area contributed by atoms with E-state index < -0.39 is 17.3 Å². The molecule has 124 valence electrons. The van der Waals surface area contributed by atoms with Gasteiger partial charge in [0.1, 0.15) is 5.82 Å². The second kappa shape index (κ2) is 5.83. The molecule has 4 nitrogen and oxygen atoms in total. The molecule has 1 aliphatic carbocycles. The standard InChI is InChI=1S/C19H18FNO3/c1-19(2,24)14-8-9-15(17-13(14)7-10-16(17)22)21-18(23)11-3-5-12(20)6-4-11/h3-6,8-9,24H,7,10H2,1-2H3,(H,21,23). The van der Waals surface area contributed by atoms with E-state index in [9.17, 15) is 19.1 Å². The van der Waals surface area contributed by atoms with E-state index >= 15 is 0 Å². The second-order valence-corrected chi connectivity index (χ2v) is 6.46. The van der Waals surface area contributed by atoms with Crippen molar-refractivity contribution in [1.82, 2.24) is 0 Å². The summed E-state index contributed by atoms with van der Waals surface area (Å²) in [5.74, 6) is -0.879. The third-order valence-electron chi connectivity index (χ3n) is 4.21. The van der Waals surface area contributed by atoms with E-state index in [2.05, 4.69) is 5.32 Å². The van der Waals surface area contributed by atoms with Gasteiger partial charge >= 0.3 is 0 Å². The van der Waals surface area contributed by atoms with Crippen LogP contribution in [0.25, 0.3) is 0 Å². The van der Waals surface area contributed by atoms with Gasteiger partial charge < -0.3 is 10.4 Å². The number of hydrogen-bond donors (Lipinski definition) is 2. The lowest BCUT2D eigenvalue weighted by Gasteiger charge is -2.22. The Labute approximate surface area is 139 Å². The molecular weight excluding hydrogens is 309 g/mol. The fourth-order valence-corrected chi connectivity index (χ4v) is 3.06. The summed E-state index contributed by atoms with van der Waals surface area (Å²) in [5, 5.41) is 13.0. The van der Waals surface area contributed by atoms with Gasteiger partial charge in [0, 0.05) is 17.5 Å². The zero-order valence-corrected chi connectivity index (χ0v) is 13.5. The largest absolute Gasteiger partial charge is 0.386 e. The SMILES string of the molecule is CC(C)(O)c1ccc(NC(=O)c2ccc(F)cc2)c2c1CCC2=O. The minimum atomic E-state index is -1.06. The Morgan fingerprint density at radius 2 is 1.79 bits per heavy atom. The van der Waals surface area contributed by atoms with Crippen molar-refractivity contribution in [3.05, 3.63) is 64.5 Å². The maximum Gasteiger partial charge on any atom is 0.255 e. The van der Waals surface area contributed by atoms with Gasteiger partial charge in [0.2, 0.25) is 0 Å². The molecular formula is C19H18FNO3. The van der Waals surface area contributed by atoms with E-state index in [-0.39, 0.29) is 5.78 Å². The van der Waals surface area contributed by atoms with Crippen molar-refractivity contribution in [3.63, 3.8) is 0 Å². The summed E-state index contributed by atoms with van der Waals surface area (Å²) in [6, 6.07) is 8.56. The summed E-state index contributed by atoms with van der Waals surface area (Å²) in [4.78, 5) is 24.6. The molecule has 2 aromatic carbocycles. The molecule has 0 radical (unpaired) electrons. The zero-order valence-electron chi connectivity index (χ0n) is 13.5. The third kappa shape index (κ3) is 2.95. The third-order valence-corrected chi connectivity index (χ3v) is 4.21. The number of aliphatic hydroxyl groups is 1. The molecule has 1 aliphatic rings. The highest BCUT2D eigenvalue weighted by molar-refractivity contribution is 6.11. The summed E-state index contributed by atoms with van der Waals surface area (Å²) < 4.78 is 13.0. The first-order valence-corrected chi connectivity index (χ1v) is 7.76. The molecule has 2 N–H and O–H groups in total. The van der Waals surface area contributed by atoms with Crippen molar-refractivity contribution < 1.29 is 19.1 Å². The Morgan fingerprint density at radius 3 is 2.42 bits per heavy atom. The second-order valence-electron chi connectivity index (χ2n) is 6.46. The number of carbonyl (C=O) groups is 2. The van der Waals surface area contributed by atoms with Crippen molar-refractivity contribution >= 4 is 17.4 Å². The smallest absolute Gasteiger partial charge is 0.255 e. The lowest BCUT2D eigenvalue weighted by atomic mass is 9.90. The predicted octanol–water partition coefficient (Wildman–Crippen LogP) is 3.43. The lowest BCUT2D eigenvalue weighted by molar-refractivity contribution is 0.0777. The molecule has 0 atom stereocenters. The summed E-state index contributed by atoms with van der Waals surface area (Å²) in [6.45, 7) is 3.34. The molecule has 3 rings (SSSR count). The van der Waals surface area contributed by atoms with Crippen molar-refractivity contribution in [2.75, 3.05) is 5.32 Å². The molecule has 0 unspecified atom stereocenters. The number of amides is 1. The molecule has 0 aliphatic heterocycles. The van der Waals surface area contributed by atoms with Crippen molar-refractivity contribution in [2.24, 2.45) is 0 Å². The first kappa shape index (κ1) is 16.3. The number of nitrogens with one attached hydrogen (secondary N) is 1. The average molecular weight is 327 g/mol. The molecule has 0 heterocycles. The number of carbonyl (C=O) groups excluding carboxylic acids is 2. The molecule has 1 amide bonds. The maximum absolute atomic E-state index is 13.0. The van der Waals surface area contributed by atoms with Gasteiger partial charge in [0.15, 0.2) is 5.78 Å². The molecule has 5 heteroatoms. The Balaban J connectivity index is 1.98. The normalized spacial score (nSPS) is 13.8. The van der Waals surface area contributed by atoms with E-state index in [1.807, 2.05) is 0 Å². The first-order valence-electron chi connectivity index (χ1n) is 7.76. The van der Waals surface area contributed by atoms with E-state index in [0.29, 0.717) is 35.2 Å². The summed E-state index contributed by atoms with van der Waals surface area (Å²) >= 11 is 0. The molecule has 0 spiro atoms. The van der Waals surface area contributed by atoms with Gasteiger partial charge in [-0.1, -0.05) is 6.07 Å². The van der Waals surface area contributed by atoms with E-state index in [4.69, 9.17) is 0 Å². The van der Waals surface area contributed by atoms with Crippen LogP contribution in [0.3, 0.4) is 0 Å². The number of fused-ring (bicyclic) bond motifs is 1. The number of anilines is 1. The van der Waals surface area contributed by atoms with Gasteiger partial charge in [0.25, 0.3) is 5.91 Å². The van der Waals surface area contributed by atoms with E-state index in [0.717, 1.165) is 5.56 Å². The molecule has 0 saturated heterocycles. The van der Waals surface area contributed by atoms with Crippen LogP contribution in [-0.2, 0) is 12.0 Å². The van der Waals surface area contributed by atoms with Gasteiger partial charge in [-0.25, -0.2) is 4.39 Å². The lowest BCUT2D eigenvalue weighted by Crippen LogP contribution is -2.20. The molecule has 0 saturated carbocycles. The number of Topliss-reactive ketones (excluding diaryl/α,β-unsaturated/α-hetero) is 1. The van der Waals surface area contributed by atoms with Gasteiger partial charge in [-0.05, 0) is 61.7 Å². The van der Waals surface area contributed by atoms with Gasteiger partial charge in [-0.15, -0.1) is 0 Å². The van der Waals surface area contributed by atoms with Gasteiger partial charge in [0.05, 0.1) is 11.3 Å². The average Bonchev–Trinajstić information content (AvgIpc) is 2.89. The Morgan fingerprint density at radius 1 is 1.12 bits per heavy atom. The van der Waals surface area contributed by atoms with Crippen LogP contribution in [0.5, 0.6) is 0 Å². The molecule has 24 heavy (non-hydrogen) atoms. The highest BCUT2D eigenvalue weighted by Crippen LogP contribution is 2.36. The van der Waals surface area contributed by atoms with Crippen molar-refractivity contribution in [1.29, 1.82) is 0 Å². The van der Waals surface area contributed by atoms with Crippen molar-refractivity contribution in [2.45, 2.75) is 32.3 Å². The van der Waals surface area contributed by atoms with E-state index in [1.165, 1.54) is 24.3 Å². The quantitative estimate of drug-likeness (QED) is 0.907. The number of benzene rings is 2. The van der Waals surface area contributed by atoms with Crippen LogP contribution >= 0.6 is 0 Å². The van der Waals surface area contributed by atoms with Gasteiger partial charge in [-0.2, -0.15) is 0 Å². The number of rotatable bonds is 3. The summed E-state index contributed by atoms with van der Waals surface area (Å²) in [6.07, 6.45) is 0.912. The highest BCUT2D eigenvalue weighted by atomic mass is 19.1. The topological polar surface area (TPSA) is 66.4 Å². The molecule has 0 bridgehead atoms. The molecule has 2 aromatic rings. The fraction of sp³-hybridized carbons (Fsp3) is 0.263. The fourth-order valence-electron chi connectivity index (χ4n) is 3.06. The van der Waals surface area contributed by atoms with Gasteiger partial charge in [-0.3, -0.25) is 9.59 Å². The van der Waals surface area contributed by atoms with Crippen LogP contribution in [-0.4, -0.2) is 16.8 Å². The summed E-state index contributed by atoms with van der Waals surface area (Å²) in [5.41, 5.74) is 1.61. The Bertz CT molecular complexity index is 820. The number of hydrogen-bond acceptors (Lipinski definition) is 3. The minimum Gasteiger partial charge on any atom is -0.386 e. The van der Waals surface area contributed by atoms with Crippen LogP contribution in [0, 0.1) is 5.82 Å². The summed E-state index contributed by atoms with van der Waals surface area (Å²) in [7, 11) is 0. The van der Waals surface area contributed by atoms with E-state index in [1.54, 1.807) is 26.0 Å². The monoisotopic (exact) mass is 327 g/mol. The highest BCUT2D eigenvalue weighted by Gasteiger charge is 2.31. The predicted molar refractivity (Wildman–Crippen MR) is 88.7 cm³/mol. The molecule has 0 fully saturated rings. The van der Waals surface area contributed by atoms with Crippen LogP contribution in [0.2, 0.25) is 0 Å². The maximum atomic E-state index is 13.0. The molecule has 0 aromatic heterocycles. The van der Waals surface area contributed by atoms with Crippen LogP contribution in [0.1, 0.15) is 52.1 Å². The van der Waals surface area contributed by atoms with Crippen LogP contribution in [0.15, 0.2) is 36.4 Å². The first-order chi connectivity index (χ1) is 11.3. The minimum absolute atomic E-state index is 0.0505. The number of ketones is 1. The Hall–Kier alpha value is -2.53. The van der Waals surface area contributed by atoms with Crippen LogP contribution in [0.4, 0.5) is 10.1 Å². The number of halogens is 1. The van der Waals surface area contributed by atoms with Crippen molar-refractivity contribution in [3.8, 4) is 0 Å². The van der Waals surface area contributed by atoms with Crippen LogP contribution < -0.4 is 5.32 Å². The Kier molecular flexibility index (Phi) is 3.97. The zero-order chi connectivity index (χ0) is 17.5.